The van der Waals surface area contributed by atoms with Gasteiger partial charge in [0, 0.05) is 40.2 Å². The fourth-order valence-corrected chi connectivity index (χ4v) is 5.47. The lowest BCUT2D eigenvalue weighted by atomic mass is 10.2. The largest absolute Gasteiger partial charge is 0.423 e. The van der Waals surface area contributed by atoms with Gasteiger partial charge in [-0.05, 0) is 39.3 Å². The van der Waals surface area contributed by atoms with Crippen molar-refractivity contribution in [3.8, 4) is 23.0 Å². The van der Waals surface area contributed by atoms with E-state index in [2.05, 4.69) is 9.97 Å². The average Bonchev–Trinajstić information content (AvgIpc) is 2.89. The molecule has 3 aromatic rings. The summed E-state index contributed by atoms with van der Waals surface area (Å²) >= 11 is 1.63. The predicted octanol–water partition coefficient (Wildman–Crippen LogP) is 3.95. The summed E-state index contributed by atoms with van der Waals surface area (Å²) in [6.07, 6.45) is 2.20. The molecule has 0 radical (unpaired) electrons. The lowest BCUT2D eigenvalue weighted by Gasteiger charge is -2.11. The number of aromatic nitrogens is 3. The standard InChI is InChI=1S/C21H25N3O4S2/c1-6-9-30(26,27)12-17-10-18(16-7-8-19(25)24(5)11-16)23-21(22-17)28-20-13(2)14(3)29-15(20)4/h7-8,10-11H,6,9,12H2,1-5H3. The van der Waals surface area contributed by atoms with Gasteiger partial charge in [-0.25, -0.2) is 8.42 Å². The molecule has 3 rings (SSSR count). The van der Waals surface area contributed by atoms with Crippen LogP contribution in [-0.4, -0.2) is 28.7 Å². The number of thiophene rings is 1. The minimum absolute atomic E-state index is 0.0876. The molecule has 160 valence electrons. The van der Waals surface area contributed by atoms with Crippen molar-refractivity contribution in [2.45, 2.75) is 39.9 Å². The molecule has 7 nitrogen and oxygen atoms in total. The van der Waals surface area contributed by atoms with Crippen LogP contribution in [0, 0.1) is 20.8 Å². The fraction of sp³-hybridized carbons (Fsp3) is 0.381. The number of rotatable bonds is 7. The second-order valence-electron chi connectivity index (χ2n) is 7.26. The second kappa shape index (κ2) is 8.69. The van der Waals surface area contributed by atoms with E-state index in [9.17, 15) is 13.2 Å². The smallest absolute Gasteiger partial charge is 0.322 e. The Morgan fingerprint density at radius 1 is 1.13 bits per heavy atom. The molecule has 0 spiro atoms. The number of pyridine rings is 1. The van der Waals surface area contributed by atoms with Crippen LogP contribution < -0.4 is 10.3 Å². The van der Waals surface area contributed by atoms with Crippen molar-refractivity contribution in [1.82, 2.24) is 14.5 Å². The maximum atomic E-state index is 12.4. The Hall–Kier alpha value is -2.52. The molecule has 0 fully saturated rings. The molecular weight excluding hydrogens is 422 g/mol. The number of hydrogen-bond donors (Lipinski definition) is 0. The zero-order chi connectivity index (χ0) is 22.1. The van der Waals surface area contributed by atoms with E-state index in [-0.39, 0.29) is 23.1 Å². The first-order valence-corrected chi connectivity index (χ1v) is 12.2. The monoisotopic (exact) mass is 447 g/mol. The zero-order valence-corrected chi connectivity index (χ0v) is 19.4. The van der Waals surface area contributed by atoms with Gasteiger partial charge in [0.1, 0.15) is 5.75 Å². The number of ether oxygens (including phenoxy) is 1. The molecule has 0 bridgehead atoms. The first-order valence-electron chi connectivity index (χ1n) is 9.59. The highest BCUT2D eigenvalue weighted by Gasteiger charge is 2.18. The second-order valence-corrected chi connectivity index (χ2v) is 10.9. The topological polar surface area (TPSA) is 91.2 Å². The van der Waals surface area contributed by atoms with Gasteiger partial charge in [0.2, 0.25) is 5.56 Å². The molecular formula is C21H25N3O4S2. The summed E-state index contributed by atoms with van der Waals surface area (Å²) < 4.78 is 32.2. The van der Waals surface area contributed by atoms with Crippen LogP contribution in [0.1, 0.15) is 34.4 Å². The first kappa shape index (κ1) is 22.2. The molecule has 0 aliphatic carbocycles. The van der Waals surface area contributed by atoms with Crippen molar-refractivity contribution in [2.24, 2.45) is 7.05 Å². The SMILES string of the molecule is CCCS(=O)(=O)Cc1cc(-c2ccc(=O)n(C)c2)nc(Oc2c(C)sc(C)c2C)n1. The molecule has 0 aliphatic heterocycles. The summed E-state index contributed by atoms with van der Waals surface area (Å²) in [4.78, 5) is 22.8. The van der Waals surface area contributed by atoms with Gasteiger partial charge in [-0.3, -0.25) is 4.79 Å². The van der Waals surface area contributed by atoms with E-state index in [1.807, 2.05) is 27.7 Å². The van der Waals surface area contributed by atoms with Crippen molar-refractivity contribution < 1.29 is 13.2 Å². The zero-order valence-electron chi connectivity index (χ0n) is 17.7. The van der Waals surface area contributed by atoms with Gasteiger partial charge in [0.25, 0.3) is 0 Å². The van der Waals surface area contributed by atoms with Gasteiger partial charge in [-0.15, -0.1) is 11.3 Å². The molecule has 0 N–H and O–H groups in total. The molecule has 3 aromatic heterocycles. The van der Waals surface area contributed by atoms with Gasteiger partial charge in [0.15, 0.2) is 9.84 Å². The van der Waals surface area contributed by atoms with E-state index in [0.717, 1.165) is 15.3 Å². The highest BCUT2D eigenvalue weighted by Crippen LogP contribution is 2.36. The molecule has 0 saturated heterocycles. The molecule has 0 aliphatic rings. The third-order valence-corrected chi connectivity index (χ3v) is 7.58. The van der Waals surface area contributed by atoms with Crippen LogP contribution in [0.3, 0.4) is 0 Å². The van der Waals surface area contributed by atoms with Crippen LogP contribution in [0.2, 0.25) is 0 Å². The van der Waals surface area contributed by atoms with E-state index < -0.39 is 9.84 Å². The van der Waals surface area contributed by atoms with Crippen LogP contribution in [0.25, 0.3) is 11.3 Å². The normalized spacial score (nSPS) is 11.6. The van der Waals surface area contributed by atoms with Crippen molar-refractivity contribution in [3.63, 3.8) is 0 Å². The van der Waals surface area contributed by atoms with Crippen LogP contribution in [0.15, 0.2) is 29.2 Å². The predicted molar refractivity (Wildman–Crippen MR) is 119 cm³/mol. The Balaban J connectivity index is 2.09. The number of aryl methyl sites for hydroxylation is 3. The van der Waals surface area contributed by atoms with Crippen molar-refractivity contribution in [3.05, 3.63) is 55.8 Å². The molecule has 0 unspecified atom stereocenters. The van der Waals surface area contributed by atoms with E-state index in [1.165, 1.54) is 10.6 Å². The minimum Gasteiger partial charge on any atom is -0.423 e. The minimum atomic E-state index is -3.30. The first-order chi connectivity index (χ1) is 14.1. The van der Waals surface area contributed by atoms with Crippen LogP contribution in [0.4, 0.5) is 0 Å². The molecule has 3 heterocycles. The van der Waals surface area contributed by atoms with Gasteiger partial charge >= 0.3 is 6.01 Å². The lowest BCUT2D eigenvalue weighted by molar-refractivity contribution is 0.437. The molecule has 0 amide bonds. The van der Waals surface area contributed by atoms with Crippen molar-refractivity contribution in [1.29, 1.82) is 0 Å². The molecule has 0 aromatic carbocycles. The summed E-state index contributed by atoms with van der Waals surface area (Å²) in [5.41, 5.74) is 2.40. The van der Waals surface area contributed by atoms with Crippen molar-refractivity contribution >= 4 is 21.2 Å². The average molecular weight is 448 g/mol. The summed E-state index contributed by atoms with van der Waals surface area (Å²) in [7, 11) is -1.65. The van der Waals surface area contributed by atoms with Crippen molar-refractivity contribution in [2.75, 3.05) is 5.75 Å². The van der Waals surface area contributed by atoms with E-state index in [4.69, 9.17) is 4.74 Å². The Morgan fingerprint density at radius 3 is 2.47 bits per heavy atom. The van der Waals surface area contributed by atoms with E-state index in [1.54, 1.807) is 36.7 Å². The maximum absolute atomic E-state index is 12.4. The Morgan fingerprint density at radius 2 is 1.87 bits per heavy atom. The highest BCUT2D eigenvalue weighted by molar-refractivity contribution is 7.90. The lowest BCUT2D eigenvalue weighted by Crippen LogP contribution is -2.14. The maximum Gasteiger partial charge on any atom is 0.322 e. The summed E-state index contributed by atoms with van der Waals surface area (Å²) in [5, 5.41) is 0. The fourth-order valence-electron chi connectivity index (χ4n) is 3.11. The Labute approximate surface area is 180 Å². The van der Waals surface area contributed by atoms with Gasteiger partial charge in [-0.1, -0.05) is 6.92 Å². The number of sulfone groups is 1. The Kier molecular flexibility index (Phi) is 6.42. The van der Waals surface area contributed by atoms with E-state index in [0.29, 0.717) is 29.1 Å². The Bertz CT molecular complexity index is 1240. The molecule has 9 heteroatoms. The summed E-state index contributed by atoms with van der Waals surface area (Å²) in [6.45, 7) is 7.78. The summed E-state index contributed by atoms with van der Waals surface area (Å²) in [6, 6.07) is 4.83. The molecule has 0 saturated carbocycles. The van der Waals surface area contributed by atoms with Crippen LogP contribution in [-0.2, 0) is 22.6 Å². The third-order valence-electron chi connectivity index (χ3n) is 4.71. The van der Waals surface area contributed by atoms with Gasteiger partial charge in [0.05, 0.1) is 22.9 Å². The number of hydrogen-bond acceptors (Lipinski definition) is 7. The summed E-state index contributed by atoms with van der Waals surface area (Å²) in [5.74, 6) is 0.584. The van der Waals surface area contributed by atoms with Crippen LogP contribution in [0.5, 0.6) is 11.8 Å². The number of nitrogens with zero attached hydrogens (tertiary/aromatic N) is 3. The highest BCUT2D eigenvalue weighted by atomic mass is 32.2. The third kappa shape index (κ3) is 4.96. The van der Waals surface area contributed by atoms with Gasteiger partial charge in [-0.2, -0.15) is 9.97 Å². The molecule has 30 heavy (non-hydrogen) atoms. The van der Waals surface area contributed by atoms with Gasteiger partial charge < -0.3 is 9.30 Å². The molecule has 0 atom stereocenters. The van der Waals surface area contributed by atoms with E-state index >= 15 is 0 Å². The van der Waals surface area contributed by atoms with Crippen LogP contribution >= 0.6 is 11.3 Å². The quantitative estimate of drug-likeness (QED) is 0.545.